The summed E-state index contributed by atoms with van der Waals surface area (Å²) in [5.74, 6) is 0.567. The number of hydrogen-bond donors (Lipinski definition) is 2. The number of nitrogens with one attached hydrogen (secondary N) is 2. The van der Waals surface area contributed by atoms with E-state index in [9.17, 15) is 9.59 Å². The summed E-state index contributed by atoms with van der Waals surface area (Å²) in [5, 5.41) is 6.34. The van der Waals surface area contributed by atoms with Gasteiger partial charge in [-0.1, -0.05) is 35.4 Å². The Kier molecular flexibility index (Phi) is 7.74. The maximum absolute atomic E-state index is 12.4. The Balaban J connectivity index is 1.37. The molecule has 0 aromatic heterocycles. The van der Waals surface area contributed by atoms with E-state index in [-0.39, 0.29) is 18.4 Å². The van der Waals surface area contributed by atoms with Gasteiger partial charge in [0, 0.05) is 5.69 Å². The van der Waals surface area contributed by atoms with Crippen molar-refractivity contribution in [3.8, 4) is 11.5 Å². The molecule has 1 aliphatic rings. The minimum atomic E-state index is -0.293. The number of methoxy groups -OCH3 is 1. The van der Waals surface area contributed by atoms with Crippen LogP contribution in [0.15, 0.2) is 76.6 Å². The average molecular weight is 508 g/mol. The molecule has 4 rings (SSSR count). The van der Waals surface area contributed by atoms with E-state index in [2.05, 4.69) is 15.6 Å². The molecule has 0 radical (unpaired) electrons. The summed E-state index contributed by atoms with van der Waals surface area (Å²) >= 11 is 7.58. The number of rotatable bonds is 7. The molecule has 0 atom stereocenters. The number of aliphatic imine (C=N–C) groups is 1. The topological polar surface area (TPSA) is 89.0 Å². The lowest BCUT2D eigenvalue weighted by atomic mass is 10.2. The molecule has 35 heavy (non-hydrogen) atoms. The van der Waals surface area contributed by atoms with Crippen LogP contribution in [0, 0.1) is 6.92 Å². The zero-order valence-electron chi connectivity index (χ0n) is 19.0. The van der Waals surface area contributed by atoms with Crippen LogP contribution in [0.5, 0.6) is 11.5 Å². The number of carbonyl (C=O) groups excluding carboxylic acids is 2. The van der Waals surface area contributed by atoms with Crippen LogP contribution < -0.4 is 20.1 Å². The fourth-order valence-corrected chi connectivity index (χ4v) is 4.19. The van der Waals surface area contributed by atoms with Crippen molar-refractivity contribution in [1.29, 1.82) is 0 Å². The molecule has 1 aliphatic heterocycles. The van der Waals surface area contributed by atoms with Gasteiger partial charge in [-0.25, -0.2) is 4.99 Å². The first kappa shape index (κ1) is 24.4. The molecule has 9 heteroatoms. The fourth-order valence-electron chi connectivity index (χ4n) is 3.11. The molecule has 3 aromatic rings. The minimum Gasteiger partial charge on any atom is -0.497 e. The molecule has 3 aromatic carbocycles. The van der Waals surface area contributed by atoms with Crippen LogP contribution in [0.2, 0.25) is 5.02 Å². The smallest absolute Gasteiger partial charge is 0.264 e. The Hall–Kier alpha value is -3.75. The molecule has 1 heterocycles. The van der Waals surface area contributed by atoms with Gasteiger partial charge in [-0.2, -0.15) is 0 Å². The number of ether oxygens (including phenoxy) is 2. The van der Waals surface area contributed by atoms with Crippen molar-refractivity contribution < 1.29 is 19.1 Å². The Morgan fingerprint density at radius 1 is 1.11 bits per heavy atom. The van der Waals surface area contributed by atoms with E-state index in [1.165, 1.54) is 11.8 Å². The van der Waals surface area contributed by atoms with Gasteiger partial charge < -0.3 is 20.1 Å². The van der Waals surface area contributed by atoms with Crippen molar-refractivity contribution in [2.45, 2.75) is 6.92 Å². The first-order valence-electron chi connectivity index (χ1n) is 10.6. The van der Waals surface area contributed by atoms with Gasteiger partial charge in [-0.05, 0) is 78.9 Å². The molecule has 0 saturated carbocycles. The molecular formula is C26H22ClN3O4S. The Labute approximate surface area is 212 Å². The van der Waals surface area contributed by atoms with Crippen LogP contribution in [0.3, 0.4) is 0 Å². The molecule has 178 valence electrons. The molecule has 0 unspecified atom stereocenters. The highest BCUT2D eigenvalue weighted by Crippen LogP contribution is 2.31. The fraction of sp³-hybridized carbons (Fsp3) is 0.115. The standard InChI is InChI=1S/C26H22ClN3O4S/c1-16-3-6-18(7-4-16)28-24(31)15-34-22-12-5-17(13-21(22)27)14-23-25(32)30-26(35-23)29-19-8-10-20(33-2)11-9-19/h3-14H,15H2,1-2H3,(H,28,31)(H,29,30,32)/b23-14+. The normalized spacial score (nSPS) is 15.2. The van der Waals surface area contributed by atoms with Crippen molar-refractivity contribution in [1.82, 2.24) is 5.32 Å². The number of hydrogen-bond acceptors (Lipinski definition) is 6. The van der Waals surface area contributed by atoms with Crippen molar-refractivity contribution in [2.24, 2.45) is 4.99 Å². The first-order chi connectivity index (χ1) is 16.9. The van der Waals surface area contributed by atoms with Crippen molar-refractivity contribution in [3.63, 3.8) is 0 Å². The third kappa shape index (κ3) is 6.65. The predicted molar refractivity (Wildman–Crippen MR) is 141 cm³/mol. The lowest BCUT2D eigenvalue weighted by Gasteiger charge is -2.09. The van der Waals surface area contributed by atoms with Crippen LogP contribution >= 0.6 is 23.4 Å². The molecule has 2 amide bonds. The van der Waals surface area contributed by atoms with Crippen LogP contribution in [0.4, 0.5) is 11.4 Å². The molecule has 2 N–H and O–H groups in total. The number of benzene rings is 3. The second kappa shape index (κ2) is 11.1. The molecule has 0 aliphatic carbocycles. The van der Waals surface area contributed by atoms with Gasteiger partial charge in [0.25, 0.3) is 11.8 Å². The number of carbonyl (C=O) groups is 2. The highest BCUT2D eigenvalue weighted by atomic mass is 35.5. The van der Waals surface area contributed by atoms with E-state index in [0.717, 1.165) is 16.9 Å². The summed E-state index contributed by atoms with van der Waals surface area (Å²) < 4.78 is 10.7. The van der Waals surface area contributed by atoms with Gasteiger partial charge in [0.2, 0.25) is 0 Å². The highest BCUT2D eigenvalue weighted by molar-refractivity contribution is 8.18. The molecule has 1 saturated heterocycles. The van der Waals surface area contributed by atoms with E-state index < -0.39 is 0 Å². The van der Waals surface area contributed by atoms with Gasteiger partial charge >= 0.3 is 0 Å². The third-order valence-electron chi connectivity index (χ3n) is 4.90. The lowest BCUT2D eigenvalue weighted by molar-refractivity contribution is -0.118. The minimum absolute atomic E-state index is 0.183. The summed E-state index contributed by atoms with van der Waals surface area (Å²) in [5.41, 5.74) is 3.22. The maximum Gasteiger partial charge on any atom is 0.264 e. The van der Waals surface area contributed by atoms with Crippen LogP contribution in [-0.2, 0) is 9.59 Å². The molecule has 0 bridgehead atoms. The van der Waals surface area contributed by atoms with Gasteiger partial charge in [-0.3, -0.25) is 9.59 Å². The average Bonchev–Trinajstić information content (AvgIpc) is 3.18. The molecule has 1 fully saturated rings. The zero-order chi connectivity index (χ0) is 24.8. The van der Waals surface area contributed by atoms with Gasteiger partial charge in [-0.15, -0.1) is 0 Å². The third-order valence-corrected chi connectivity index (χ3v) is 6.11. The maximum atomic E-state index is 12.4. The van der Waals surface area contributed by atoms with E-state index in [4.69, 9.17) is 21.1 Å². The number of halogens is 1. The number of nitrogens with zero attached hydrogens (tertiary/aromatic N) is 1. The number of amidine groups is 1. The largest absolute Gasteiger partial charge is 0.497 e. The second-order valence-electron chi connectivity index (χ2n) is 7.57. The van der Waals surface area contributed by atoms with E-state index in [0.29, 0.717) is 32.2 Å². The van der Waals surface area contributed by atoms with E-state index in [1.807, 2.05) is 31.2 Å². The van der Waals surface area contributed by atoms with Gasteiger partial charge in [0.15, 0.2) is 11.8 Å². The SMILES string of the molecule is COc1ccc(N=C2NC(=O)/C(=C\c3ccc(OCC(=O)Nc4ccc(C)cc4)c(Cl)c3)S2)cc1. The summed E-state index contributed by atoms with van der Waals surface area (Å²) in [6.45, 7) is 1.79. The number of thioether (sulfide) groups is 1. The summed E-state index contributed by atoms with van der Waals surface area (Å²) in [4.78, 5) is 29.5. The number of anilines is 1. The molecule has 0 spiro atoms. The van der Waals surface area contributed by atoms with E-state index in [1.54, 1.807) is 55.7 Å². The number of amides is 2. The van der Waals surface area contributed by atoms with Crippen LogP contribution in [0.25, 0.3) is 6.08 Å². The first-order valence-corrected chi connectivity index (χ1v) is 11.8. The van der Waals surface area contributed by atoms with Crippen molar-refractivity contribution in [2.75, 3.05) is 19.0 Å². The Morgan fingerprint density at radius 3 is 2.54 bits per heavy atom. The second-order valence-corrected chi connectivity index (χ2v) is 9.01. The predicted octanol–water partition coefficient (Wildman–Crippen LogP) is 5.57. The van der Waals surface area contributed by atoms with Crippen molar-refractivity contribution in [3.05, 3.63) is 87.8 Å². The molecule has 7 nitrogen and oxygen atoms in total. The summed E-state index contributed by atoms with van der Waals surface area (Å²) in [6, 6.07) is 19.8. The zero-order valence-corrected chi connectivity index (χ0v) is 20.6. The Morgan fingerprint density at radius 2 is 1.86 bits per heavy atom. The van der Waals surface area contributed by atoms with Crippen molar-refractivity contribution >= 4 is 57.8 Å². The van der Waals surface area contributed by atoms with Crippen LogP contribution in [-0.4, -0.2) is 30.7 Å². The van der Waals surface area contributed by atoms with Crippen LogP contribution in [0.1, 0.15) is 11.1 Å². The highest BCUT2D eigenvalue weighted by Gasteiger charge is 2.24. The quantitative estimate of drug-likeness (QED) is 0.408. The van der Waals surface area contributed by atoms with Gasteiger partial charge in [0.1, 0.15) is 11.5 Å². The molecular weight excluding hydrogens is 486 g/mol. The monoisotopic (exact) mass is 507 g/mol. The number of aryl methyl sites for hydroxylation is 1. The summed E-state index contributed by atoms with van der Waals surface area (Å²) in [6.07, 6.45) is 1.72. The lowest BCUT2D eigenvalue weighted by Crippen LogP contribution is -2.20. The Bertz CT molecular complexity index is 1310. The van der Waals surface area contributed by atoms with Gasteiger partial charge in [0.05, 0.1) is 22.7 Å². The summed E-state index contributed by atoms with van der Waals surface area (Å²) in [7, 11) is 1.60. The van der Waals surface area contributed by atoms with E-state index >= 15 is 0 Å².